The highest BCUT2D eigenvalue weighted by Crippen LogP contribution is 2.33. The van der Waals surface area contributed by atoms with Gasteiger partial charge in [0.25, 0.3) is 5.91 Å². The molecule has 38 heavy (non-hydrogen) atoms. The number of benzene rings is 2. The SMILES string of the molecule is N#Cc1ccc(C(=O)N2CC(OC(=O)NC3CN(c4cc(F)c(C5CCC(=O)NC5=O)c(F)c4)C3)C2)cc1. The molecule has 12 heteroatoms. The number of alkyl carbamates (subject to hydrolysis) is 1. The molecule has 3 saturated heterocycles. The van der Waals surface area contributed by atoms with Gasteiger partial charge in [-0.3, -0.25) is 19.7 Å². The van der Waals surface area contributed by atoms with E-state index in [-0.39, 0.29) is 49.1 Å². The molecule has 0 aliphatic carbocycles. The van der Waals surface area contributed by atoms with Crippen molar-refractivity contribution in [1.82, 2.24) is 15.5 Å². The number of likely N-dealkylation sites (tertiary alicyclic amines) is 1. The second-order valence-electron chi connectivity index (χ2n) is 9.50. The largest absolute Gasteiger partial charge is 0.442 e. The minimum absolute atomic E-state index is 0.0128. The number of hydrogen-bond donors (Lipinski definition) is 2. The van der Waals surface area contributed by atoms with E-state index in [9.17, 15) is 28.0 Å². The second-order valence-corrected chi connectivity index (χ2v) is 9.50. The lowest BCUT2D eigenvalue weighted by molar-refractivity contribution is -0.134. The molecule has 0 radical (unpaired) electrons. The molecule has 0 saturated carbocycles. The van der Waals surface area contributed by atoms with Gasteiger partial charge in [0.2, 0.25) is 11.8 Å². The molecule has 196 valence electrons. The average molecular weight is 523 g/mol. The Labute approximate surface area is 216 Å². The van der Waals surface area contributed by atoms with Crippen molar-refractivity contribution in [2.24, 2.45) is 0 Å². The van der Waals surface area contributed by atoms with Gasteiger partial charge in [0.1, 0.15) is 17.7 Å². The maximum Gasteiger partial charge on any atom is 0.407 e. The highest BCUT2D eigenvalue weighted by Gasteiger charge is 2.37. The molecule has 3 fully saturated rings. The lowest BCUT2D eigenvalue weighted by Gasteiger charge is -2.42. The fourth-order valence-corrected chi connectivity index (χ4v) is 4.74. The first-order chi connectivity index (χ1) is 18.2. The Kier molecular flexibility index (Phi) is 6.67. The van der Waals surface area contributed by atoms with Crippen molar-refractivity contribution in [2.75, 3.05) is 31.1 Å². The van der Waals surface area contributed by atoms with Crippen molar-refractivity contribution in [3.63, 3.8) is 0 Å². The molecule has 0 bridgehead atoms. The first-order valence-electron chi connectivity index (χ1n) is 12.1. The van der Waals surface area contributed by atoms with Crippen molar-refractivity contribution in [2.45, 2.75) is 30.9 Å². The third-order valence-corrected chi connectivity index (χ3v) is 6.89. The number of carbonyl (C=O) groups excluding carboxylic acids is 4. The Morgan fingerprint density at radius 2 is 1.71 bits per heavy atom. The number of hydrogen-bond acceptors (Lipinski definition) is 7. The number of ether oxygens (including phenoxy) is 1. The van der Waals surface area contributed by atoms with Crippen LogP contribution in [0.4, 0.5) is 19.3 Å². The van der Waals surface area contributed by atoms with Crippen LogP contribution in [-0.4, -0.2) is 67.0 Å². The van der Waals surface area contributed by atoms with Gasteiger partial charge in [0.15, 0.2) is 0 Å². The van der Waals surface area contributed by atoms with Crippen LogP contribution in [-0.2, 0) is 14.3 Å². The zero-order chi connectivity index (χ0) is 27.0. The van der Waals surface area contributed by atoms with Gasteiger partial charge in [0.05, 0.1) is 36.7 Å². The van der Waals surface area contributed by atoms with Crippen molar-refractivity contribution in [3.8, 4) is 6.07 Å². The fourth-order valence-electron chi connectivity index (χ4n) is 4.74. The second kappa shape index (κ2) is 10.1. The van der Waals surface area contributed by atoms with Gasteiger partial charge in [-0.1, -0.05) is 0 Å². The van der Waals surface area contributed by atoms with Crippen LogP contribution in [0.5, 0.6) is 0 Å². The van der Waals surface area contributed by atoms with Crippen molar-refractivity contribution >= 4 is 29.5 Å². The van der Waals surface area contributed by atoms with Crippen LogP contribution in [0.25, 0.3) is 0 Å². The number of carbonyl (C=O) groups is 4. The summed E-state index contributed by atoms with van der Waals surface area (Å²) in [5.74, 6) is -4.19. The summed E-state index contributed by atoms with van der Waals surface area (Å²) in [6.07, 6.45) is -1.04. The Bertz CT molecular complexity index is 1320. The molecule has 2 N–H and O–H groups in total. The van der Waals surface area contributed by atoms with Crippen molar-refractivity contribution in [3.05, 3.63) is 64.7 Å². The third kappa shape index (κ3) is 5.00. The summed E-state index contributed by atoms with van der Waals surface area (Å²) in [6, 6.07) is 10.3. The van der Waals surface area contributed by atoms with Gasteiger partial charge in [-0.2, -0.15) is 5.26 Å². The fraction of sp³-hybridized carbons (Fsp3) is 0.346. The molecule has 3 heterocycles. The number of rotatable bonds is 5. The lowest BCUT2D eigenvalue weighted by Crippen LogP contribution is -2.61. The Morgan fingerprint density at radius 3 is 2.32 bits per heavy atom. The summed E-state index contributed by atoms with van der Waals surface area (Å²) in [7, 11) is 0. The molecule has 5 rings (SSSR count). The topological polar surface area (TPSA) is 132 Å². The van der Waals surface area contributed by atoms with E-state index >= 15 is 0 Å². The maximum absolute atomic E-state index is 14.8. The Hall–Kier alpha value is -4.53. The normalized spacial score (nSPS) is 19.7. The standard InChI is InChI=1S/C26H23F2N5O5/c27-20-7-17(8-21(28)23(20)19-5-6-22(34)31-24(19)35)32-10-16(11-32)30-26(37)38-18-12-33(13-18)25(36)15-3-1-14(9-29)2-4-15/h1-4,7-8,16,18-19H,5-6,10-13H2,(H,30,37)(H,31,34,35). The zero-order valence-corrected chi connectivity index (χ0v) is 20.1. The van der Waals surface area contributed by atoms with Gasteiger partial charge in [-0.05, 0) is 42.8 Å². The molecule has 2 aromatic carbocycles. The lowest BCUT2D eigenvalue weighted by atomic mass is 9.89. The summed E-state index contributed by atoms with van der Waals surface area (Å²) in [4.78, 5) is 51.2. The predicted octanol–water partition coefficient (Wildman–Crippen LogP) is 1.80. The van der Waals surface area contributed by atoms with Crippen LogP contribution in [0.15, 0.2) is 36.4 Å². The van der Waals surface area contributed by atoms with E-state index in [4.69, 9.17) is 10.00 Å². The van der Waals surface area contributed by atoms with E-state index in [1.165, 1.54) is 4.90 Å². The van der Waals surface area contributed by atoms with Crippen LogP contribution in [0, 0.1) is 23.0 Å². The highest BCUT2D eigenvalue weighted by molar-refractivity contribution is 6.01. The number of imide groups is 1. The molecule has 3 aliphatic heterocycles. The van der Waals surface area contributed by atoms with E-state index in [1.54, 1.807) is 29.2 Å². The molecule has 0 aromatic heterocycles. The number of anilines is 1. The number of nitriles is 1. The summed E-state index contributed by atoms with van der Waals surface area (Å²) in [5, 5.41) is 13.6. The van der Waals surface area contributed by atoms with E-state index in [0.717, 1.165) is 12.1 Å². The number of amides is 4. The van der Waals surface area contributed by atoms with Crippen LogP contribution in [0.3, 0.4) is 0 Å². The number of piperidine rings is 1. The van der Waals surface area contributed by atoms with Gasteiger partial charge >= 0.3 is 6.09 Å². The van der Waals surface area contributed by atoms with E-state index in [0.29, 0.717) is 24.2 Å². The number of nitrogens with zero attached hydrogens (tertiary/aromatic N) is 3. The minimum Gasteiger partial charge on any atom is -0.442 e. The molecule has 4 amide bonds. The Balaban J connectivity index is 1.07. The highest BCUT2D eigenvalue weighted by atomic mass is 19.1. The quantitative estimate of drug-likeness (QED) is 0.572. The first kappa shape index (κ1) is 25.1. The van der Waals surface area contributed by atoms with Crippen LogP contribution in [0.1, 0.15) is 40.2 Å². The smallest absolute Gasteiger partial charge is 0.407 e. The molecule has 1 unspecified atom stereocenters. The number of halogens is 2. The molecular formula is C26H23F2N5O5. The maximum atomic E-state index is 14.8. The minimum atomic E-state index is -1.07. The van der Waals surface area contributed by atoms with Gasteiger partial charge < -0.3 is 19.9 Å². The van der Waals surface area contributed by atoms with Crippen LogP contribution >= 0.6 is 0 Å². The summed E-state index contributed by atoms with van der Waals surface area (Å²) in [6.45, 7) is 1.11. The molecule has 10 nitrogen and oxygen atoms in total. The Morgan fingerprint density at radius 1 is 1.05 bits per heavy atom. The summed E-state index contributed by atoms with van der Waals surface area (Å²) >= 11 is 0. The zero-order valence-electron chi connectivity index (χ0n) is 20.1. The molecule has 0 spiro atoms. The van der Waals surface area contributed by atoms with Crippen molar-refractivity contribution in [1.29, 1.82) is 5.26 Å². The molecular weight excluding hydrogens is 500 g/mol. The third-order valence-electron chi connectivity index (χ3n) is 6.89. The van der Waals surface area contributed by atoms with E-state index < -0.39 is 41.6 Å². The molecule has 2 aromatic rings. The van der Waals surface area contributed by atoms with E-state index in [1.807, 2.05) is 6.07 Å². The van der Waals surface area contributed by atoms with Gasteiger partial charge in [0, 0.05) is 36.3 Å². The number of nitrogens with one attached hydrogen (secondary N) is 2. The average Bonchev–Trinajstić information content (AvgIpc) is 2.83. The first-order valence-corrected chi connectivity index (χ1v) is 12.1. The van der Waals surface area contributed by atoms with Gasteiger partial charge in [-0.25, -0.2) is 13.6 Å². The van der Waals surface area contributed by atoms with Crippen molar-refractivity contribution < 1.29 is 32.7 Å². The summed E-state index contributed by atoms with van der Waals surface area (Å²) < 4.78 is 34.8. The van der Waals surface area contributed by atoms with Gasteiger partial charge in [-0.15, -0.1) is 0 Å². The van der Waals surface area contributed by atoms with E-state index in [2.05, 4.69) is 10.6 Å². The monoisotopic (exact) mass is 523 g/mol. The molecule has 1 atom stereocenters. The molecule has 3 aliphatic rings. The van der Waals surface area contributed by atoms with Crippen LogP contribution in [0.2, 0.25) is 0 Å². The van der Waals surface area contributed by atoms with Crippen LogP contribution < -0.4 is 15.5 Å². The predicted molar refractivity (Wildman–Crippen MR) is 128 cm³/mol. The summed E-state index contributed by atoms with van der Waals surface area (Å²) in [5.41, 5.74) is 0.819.